The van der Waals surface area contributed by atoms with E-state index in [1.165, 1.54) is 23.3 Å². The summed E-state index contributed by atoms with van der Waals surface area (Å²) in [7, 11) is 0. The van der Waals surface area contributed by atoms with E-state index in [0.29, 0.717) is 22.3 Å². The number of aryl methyl sites for hydroxylation is 2. The first-order chi connectivity index (χ1) is 15.3. The van der Waals surface area contributed by atoms with E-state index in [2.05, 4.69) is 0 Å². The first-order valence-corrected chi connectivity index (χ1v) is 10.0. The molecule has 160 valence electrons. The standard InChI is InChI=1S/C24H18N2O6/c1-13-10-18-19(11-14(13)2)32-23-20(22(18)27)21(15-5-7-16(8-6-15)26(29)30)25(24(23)28)12-17-4-3-9-31-17/h3-11,21H,12H2,1-2H3/t21-/m0/s1. The van der Waals surface area contributed by atoms with Gasteiger partial charge in [-0.05, 0) is 66.9 Å². The molecular formula is C24H18N2O6. The molecule has 0 radical (unpaired) electrons. The molecule has 0 aliphatic carbocycles. The van der Waals surface area contributed by atoms with E-state index in [1.54, 1.807) is 36.4 Å². The van der Waals surface area contributed by atoms with Crippen molar-refractivity contribution in [1.29, 1.82) is 0 Å². The van der Waals surface area contributed by atoms with Crippen LogP contribution in [0.4, 0.5) is 5.69 Å². The fourth-order valence-electron chi connectivity index (χ4n) is 4.13. The number of hydrogen-bond acceptors (Lipinski definition) is 6. The zero-order valence-corrected chi connectivity index (χ0v) is 17.3. The second-order valence-electron chi connectivity index (χ2n) is 7.87. The highest BCUT2D eigenvalue weighted by atomic mass is 16.6. The number of rotatable bonds is 4. The number of amides is 1. The van der Waals surface area contributed by atoms with E-state index >= 15 is 0 Å². The van der Waals surface area contributed by atoms with Gasteiger partial charge in [-0.15, -0.1) is 0 Å². The third-order valence-corrected chi connectivity index (χ3v) is 5.91. The third-order valence-electron chi connectivity index (χ3n) is 5.91. The van der Waals surface area contributed by atoms with Crippen molar-refractivity contribution in [2.75, 3.05) is 0 Å². The smallest absolute Gasteiger partial charge is 0.291 e. The second-order valence-corrected chi connectivity index (χ2v) is 7.87. The number of non-ortho nitro benzene ring substituents is 1. The lowest BCUT2D eigenvalue weighted by atomic mass is 9.97. The minimum absolute atomic E-state index is 0.0133. The molecule has 1 aliphatic heterocycles. The Morgan fingerprint density at radius 1 is 1.06 bits per heavy atom. The van der Waals surface area contributed by atoms with Crippen LogP contribution in [0.25, 0.3) is 11.0 Å². The van der Waals surface area contributed by atoms with Gasteiger partial charge in [-0.2, -0.15) is 0 Å². The van der Waals surface area contributed by atoms with Crippen LogP contribution in [0.2, 0.25) is 0 Å². The van der Waals surface area contributed by atoms with Gasteiger partial charge in [0.25, 0.3) is 11.6 Å². The molecule has 0 fully saturated rings. The summed E-state index contributed by atoms with van der Waals surface area (Å²) in [4.78, 5) is 39.0. The number of furan rings is 1. The molecule has 0 N–H and O–H groups in total. The summed E-state index contributed by atoms with van der Waals surface area (Å²) >= 11 is 0. The normalized spacial score (nSPS) is 15.4. The Labute approximate surface area is 181 Å². The Bertz CT molecular complexity index is 1430. The molecule has 0 unspecified atom stereocenters. The first kappa shape index (κ1) is 19.7. The molecule has 2 aromatic carbocycles. The molecule has 2 aromatic heterocycles. The SMILES string of the molecule is Cc1cc2oc3c(c(=O)c2cc1C)[C@H](c1ccc([N+](=O)[O-])cc1)N(Cc1ccco1)C3=O. The average molecular weight is 430 g/mol. The van der Waals surface area contributed by atoms with E-state index in [9.17, 15) is 19.7 Å². The van der Waals surface area contributed by atoms with E-state index in [-0.39, 0.29) is 29.0 Å². The number of hydrogen-bond donors (Lipinski definition) is 0. The lowest BCUT2D eigenvalue weighted by Gasteiger charge is -2.24. The van der Waals surface area contributed by atoms with Crippen molar-refractivity contribution in [1.82, 2.24) is 4.90 Å². The number of carbonyl (C=O) groups is 1. The van der Waals surface area contributed by atoms with Gasteiger partial charge in [0.1, 0.15) is 11.3 Å². The van der Waals surface area contributed by atoms with Gasteiger partial charge in [0, 0.05) is 12.1 Å². The summed E-state index contributed by atoms with van der Waals surface area (Å²) in [6, 6.07) is 12.1. The number of benzene rings is 2. The van der Waals surface area contributed by atoms with Crippen LogP contribution < -0.4 is 5.43 Å². The maximum Gasteiger partial charge on any atom is 0.291 e. The van der Waals surface area contributed by atoms with Crippen LogP contribution in [0.1, 0.15) is 44.6 Å². The summed E-state index contributed by atoms with van der Waals surface area (Å²) in [5.41, 5.74) is 2.68. The third kappa shape index (κ3) is 2.99. The van der Waals surface area contributed by atoms with Crippen molar-refractivity contribution >= 4 is 22.6 Å². The monoisotopic (exact) mass is 430 g/mol. The summed E-state index contributed by atoms with van der Waals surface area (Å²) in [5.74, 6) is 0.0967. The van der Waals surface area contributed by atoms with Crippen molar-refractivity contribution < 1.29 is 18.6 Å². The lowest BCUT2D eigenvalue weighted by molar-refractivity contribution is -0.384. The molecule has 5 rings (SSSR count). The van der Waals surface area contributed by atoms with Crippen LogP contribution in [-0.2, 0) is 6.54 Å². The maximum absolute atomic E-state index is 13.6. The van der Waals surface area contributed by atoms with Gasteiger partial charge in [0.15, 0.2) is 5.43 Å². The molecule has 0 spiro atoms. The fourth-order valence-corrected chi connectivity index (χ4v) is 4.13. The lowest BCUT2D eigenvalue weighted by Crippen LogP contribution is -2.29. The van der Waals surface area contributed by atoms with Crippen LogP contribution in [0, 0.1) is 24.0 Å². The molecule has 3 heterocycles. The molecule has 8 heteroatoms. The average Bonchev–Trinajstić information content (AvgIpc) is 3.38. The zero-order chi connectivity index (χ0) is 22.6. The molecule has 0 saturated carbocycles. The van der Waals surface area contributed by atoms with E-state index < -0.39 is 16.9 Å². The molecule has 1 atom stereocenters. The van der Waals surface area contributed by atoms with Gasteiger partial charge in [0.05, 0.1) is 34.7 Å². The van der Waals surface area contributed by atoms with Gasteiger partial charge in [-0.1, -0.05) is 0 Å². The highest BCUT2D eigenvalue weighted by Gasteiger charge is 2.43. The second kappa shape index (κ2) is 7.19. The summed E-state index contributed by atoms with van der Waals surface area (Å²) < 4.78 is 11.4. The number of carbonyl (C=O) groups excluding carboxylic acids is 1. The van der Waals surface area contributed by atoms with Gasteiger partial charge < -0.3 is 13.7 Å². The molecular weight excluding hydrogens is 412 g/mol. The van der Waals surface area contributed by atoms with Gasteiger partial charge >= 0.3 is 0 Å². The molecule has 4 aromatic rings. The Balaban J connectivity index is 1.74. The Kier molecular flexibility index (Phi) is 4.44. The van der Waals surface area contributed by atoms with Crippen molar-refractivity contribution in [2.45, 2.75) is 26.4 Å². The predicted octanol–water partition coefficient (Wildman–Crippen LogP) is 4.66. The van der Waals surface area contributed by atoms with Gasteiger partial charge in [-0.3, -0.25) is 19.7 Å². The first-order valence-electron chi connectivity index (χ1n) is 10.0. The van der Waals surface area contributed by atoms with Gasteiger partial charge in [0.2, 0.25) is 5.76 Å². The highest BCUT2D eigenvalue weighted by Crippen LogP contribution is 2.39. The molecule has 1 aliphatic rings. The minimum Gasteiger partial charge on any atom is -0.467 e. The number of nitro benzene ring substituents is 1. The fraction of sp³-hybridized carbons (Fsp3) is 0.167. The number of fused-ring (bicyclic) bond motifs is 2. The van der Waals surface area contributed by atoms with Crippen LogP contribution in [0.15, 0.2) is 68.4 Å². The number of nitrogens with zero attached hydrogens (tertiary/aromatic N) is 2. The Morgan fingerprint density at radius 3 is 2.44 bits per heavy atom. The number of nitro groups is 1. The van der Waals surface area contributed by atoms with Crippen LogP contribution in [0.5, 0.6) is 0 Å². The van der Waals surface area contributed by atoms with Crippen molar-refractivity contribution in [3.63, 3.8) is 0 Å². The molecule has 8 nitrogen and oxygen atoms in total. The largest absolute Gasteiger partial charge is 0.467 e. The van der Waals surface area contributed by atoms with Crippen LogP contribution >= 0.6 is 0 Å². The summed E-state index contributed by atoms with van der Waals surface area (Å²) in [6.45, 7) is 3.93. The Hall–Kier alpha value is -4.20. The van der Waals surface area contributed by atoms with E-state index in [1.807, 2.05) is 13.8 Å². The minimum atomic E-state index is -0.759. The van der Waals surface area contributed by atoms with Crippen LogP contribution in [-0.4, -0.2) is 15.7 Å². The quantitative estimate of drug-likeness (QED) is 0.344. The topological polar surface area (TPSA) is 107 Å². The van der Waals surface area contributed by atoms with Crippen molar-refractivity contribution in [3.05, 3.63) is 109 Å². The molecule has 0 bridgehead atoms. The maximum atomic E-state index is 13.6. The summed E-state index contributed by atoms with van der Waals surface area (Å²) in [6.07, 6.45) is 1.51. The summed E-state index contributed by atoms with van der Waals surface area (Å²) in [5, 5.41) is 11.5. The Morgan fingerprint density at radius 2 is 1.78 bits per heavy atom. The molecule has 0 saturated heterocycles. The van der Waals surface area contributed by atoms with E-state index in [0.717, 1.165) is 11.1 Å². The highest BCUT2D eigenvalue weighted by molar-refractivity contribution is 5.99. The molecule has 1 amide bonds. The molecule has 32 heavy (non-hydrogen) atoms. The zero-order valence-electron chi connectivity index (χ0n) is 17.3. The van der Waals surface area contributed by atoms with Crippen molar-refractivity contribution in [3.8, 4) is 0 Å². The van der Waals surface area contributed by atoms with E-state index in [4.69, 9.17) is 8.83 Å². The predicted molar refractivity (Wildman–Crippen MR) is 115 cm³/mol. The van der Waals surface area contributed by atoms with Crippen LogP contribution in [0.3, 0.4) is 0 Å². The van der Waals surface area contributed by atoms with Gasteiger partial charge in [-0.25, -0.2) is 0 Å². The van der Waals surface area contributed by atoms with Crippen molar-refractivity contribution in [2.24, 2.45) is 0 Å².